The van der Waals surface area contributed by atoms with Gasteiger partial charge in [-0.05, 0) is 20.3 Å². The highest BCUT2D eigenvalue weighted by molar-refractivity contribution is 14.1. The van der Waals surface area contributed by atoms with Crippen molar-refractivity contribution in [2.24, 2.45) is 0 Å². The smallest absolute Gasteiger partial charge is 0.368 e. The first-order valence-electron chi connectivity index (χ1n) is 7.74. The third-order valence-electron chi connectivity index (χ3n) is 4.08. The third kappa shape index (κ3) is 5.15. The molecule has 0 spiro atoms. The molecule has 0 aliphatic carbocycles. The highest BCUT2D eigenvalue weighted by Gasteiger charge is 2.55. The average molecular weight is 434 g/mol. The number of alkyl halides is 1. The lowest BCUT2D eigenvalue weighted by Crippen LogP contribution is -2.61. The molecule has 7 heteroatoms. The number of halogens is 1. The summed E-state index contributed by atoms with van der Waals surface area (Å²) in [6.45, 7) is 8.40. The molecule has 0 saturated carbocycles. The largest absolute Gasteiger partial charge is 0.472 e. The Hall–Kier alpha value is 0.800. The van der Waals surface area contributed by atoms with Gasteiger partial charge in [0.2, 0.25) is 0 Å². The van der Waals surface area contributed by atoms with Crippen LogP contribution in [0.2, 0.25) is 0 Å². The van der Waals surface area contributed by atoms with Crippen LogP contribution in [0.4, 0.5) is 0 Å². The van der Waals surface area contributed by atoms with Crippen LogP contribution in [0.3, 0.4) is 0 Å². The summed E-state index contributed by atoms with van der Waals surface area (Å²) in [7, 11) is -3.96. The standard InChI is InChI=1S/C14H28IO5P/c1-5-6-7-8-9-10-18-14(11(2)15)12(3)19-21(16,17)20-13(14)4/h11-13H,5-10H2,1-4H3,(H,16,17). The molecule has 1 N–H and O–H groups in total. The van der Waals surface area contributed by atoms with E-state index in [0.29, 0.717) is 6.61 Å². The SMILES string of the molecule is CCCCCCCOC1(C(C)I)C(C)OP(=O)(O)OC1C. The lowest BCUT2D eigenvalue weighted by Gasteiger charge is -2.48. The molecule has 0 aromatic heterocycles. The molecule has 0 aromatic rings. The molecule has 1 aliphatic heterocycles. The minimum absolute atomic E-state index is 0.0936. The fourth-order valence-electron chi connectivity index (χ4n) is 2.87. The summed E-state index contributed by atoms with van der Waals surface area (Å²) in [5.74, 6) is 0. The van der Waals surface area contributed by atoms with Crippen molar-refractivity contribution in [3.05, 3.63) is 0 Å². The van der Waals surface area contributed by atoms with Crippen LogP contribution in [0.1, 0.15) is 59.8 Å². The molecule has 1 fully saturated rings. The van der Waals surface area contributed by atoms with Crippen LogP contribution < -0.4 is 0 Å². The van der Waals surface area contributed by atoms with Crippen LogP contribution >= 0.6 is 30.4 Å². The van der Waals surface area contributed by atoms with Crippen LogP contribution in [0.25, 0.3) is 0 Å². The van der Waals surface area contributed by atoms with Gasteiger partial charge in [-0.2, -0.15) is 0 Å². The van der Waals surface area contributed by atoms with Crippen molar-refractivity contribution in [3.8, 4) is 0 Å². The Morgan fingerprint density at radius 3 is 2.24 bits per heavy atom. The predicted octanol–water partition coefficient (Wildman–Crippen LogP) is 4.46. The fourth-order valence-corrected chi connectivity index (χ4v) is 5.24. The van der Waals surface area contributed by atoms with E-state index in [0.717, 1.165) is 12.8 Å². The van der Waals surface area contributed by atoms with E-state index < -0.39 is 25.6 Å². The highest BCUT2D eigenvalue weighted by Crippen LogP contribution is 2.55. The molecule has 0 amide bonds. The van der Waals surface area contributed by atoms with Crippen molar-refractivity contribution in [2.75, 3.05) is 6.61 Å². The van der Waals surface area contributed by atoms with Crippen LogP contribution in [-0.4, -0.2) is 33.2 Å². The van der Waals surface area contributed by atoms with Crippen LogP contribution in [0.5, 0.6) is 0 Å². The maximum absolute atomic E-state index is 11.7. The number of phosphoric ester groups is 1. The first-order chi connectivity index (χ1) is 9.76. The minimum Gasteiger partial charge on any atom is -0.368 e. The van der Waals surface area contributed by atoms with E-state index >= 15 is 0 Å². The van der Waals surface area contributed by atoms with Gasteiger partial charge in [-0.1, -0.05) is 62.1 Å². The van der Waals surface area contributed by atoms with E-state index in [9.17, 15) is 9.46 Å². The van der Waals surface area contributed by atoms with Crippen molar-refractivity contribution < 1.29 is 23.2 Å². The number of phosphoric acid groups is 1. The van der Waals surface area contributed by atoms with E-state index in [1.54, 1.807) is 13.8 Å². The molecule has 1 aliphatic rings. The summed E-state index contributed by atoms with van der Waals surface area (Å²) in [6.07, 6.45) is 4.84. The van der Waals surface area contributed by atoms with Crippen molar-refractivity contribution in [2.45, 2.75) is 81.5 Å². The number of unbranched alkanes of at least 4 members (excludes halogenated alkanes) is 4. The normalized spacial score (nSPS) is 38.4. The monoisotopic (exact) mass is 434 g/mol. The third-order valence-corrected chi connectivity index (χ3v) is 6.21. The highest BCUT2D eigenvalue weighted by atomic mass is 127. The van der Waals surface area contributed by atoms with Gasteiger partial charge in [-0.3, -0.25) is 9.05 Å². The molecular weight excluding hydrogens is 406 g/mol. The molecule has 3 atom stereocenters. The Morgan fingerprint density at radius 2 is 1.76 bits per heavy atom. The summed E-state index contributed by atoms with van der Waals surface area (Å²) in [5.41, 5.74) is -0.693. The maximum Gasteiger partial charge on any atom is 0.472 e. The minimum atomic E-state index is -3.96. The van der Waals surface area contributed by atoms with E-state index in [4.69, 9.17) is 13.8 Å². The van der Waals surface area contributed by atoms with Crippen molar-refractivity contribution in [1.82, 2.24) is 0 Å². The summed E-state index contributed by atoms with van der Waals surface area (Å²) < 4.78 is 28.3. The average Bonchev–Trinajstić information content (AvgIpc) is 2.34. The van der Waals surface area contributed by atoms with Gasteiger partial charge in [-0.25, -0.2) is 4.57 Å². The molecule has 0 radical (unpaired) electrons. The van der Waals surface area contributed by atoms with Crippen molar-refractivity contribution >= 4 is 30.4 Å². The van der Waals surface area contributed by atoms with Gasteiger partial charge in [-0.15, -0.1) is 0 Å². The summed E-state index contributed by atoms with van der Waals surface area (Å²) >= 11 is 2.27. The second-order valence-corrected chi connectivity index (χ2v) is 8.92. The Labute approximate surface area is 141 Å². The van der Waals surface area contributed by atoms with E-state index in [2.05, 4.69) is 29.5 Å². The second-order valence-electron chi connectivity index (χ2n) is 5.70. The number of rotatable bonds is 8. The second kappa shape index (κ2) is 8.60. The van der Waals surface area contributed by atoms with Gasteiger partial charge >= 0.3 is 7.82 Å². The number of ether oxygens (including phenoxy) is 1. The van der Waals surface area contributed by atoms with Gasteiger partial charge in [0, 0.05) is 10.5 Å². The first kappa shape index (κ1) is 19.8. The van der Waals surface area contributed by atoms with Gasteiger partial charge in [0.1, 0.15) is 5.60 Å². The Bertz CT molecular complexity index is 347. The van der Waals surface area contributed by atoms with Crippen LogP contribution in [-0.2, 0) is 18.3 Å². The summed E-state index contributed by atoms with van der Waals surface area (Å²) in [6, 6.07) is 0. The molecule has 5 nitrogen and oxygen atoms in total. The fraction of sp³-hybridized carbons (Fsp3) is 1.00. The van der Waals surface area contributed by atoms with Crippen LogP contribution in [0, 0.1) is 0 Å². The van der Waals surface area contributed by atoms with Gasteiger partial charge < -0.3 is 9.63 Å². The Balaban J connectivity index is 2.64. The zero-order valence-electron chi connectivity index (χ0n) is 13.4. The van der Waals surface area contributed by atoms with Crippen molar-refractivity contribution in [3.63, 3.8) is 0 Å². The molecular formula is C14H28IO5P. The molecule has 0 bridgehead atoms. The zero-order valence-corrected chi connectivity index (χ0v) is 16.4. The molecule has 126 valence electrons. The molecule has 1 rings (SSSR count). The van der Waals surface area contributed by atoms with Gasteiger partial charge in [0.15, 0.2) is 0 Å². The molecule has 3 unspecified atom stereocenters. The van der Waals surface area contributed by atoms with E-state index in [1.165, 1.54) is 19.3 Å². The maximum atomic E-state index is 11.7. The van der Waals surface area contributed by atoms with Gasteiger partial charge in [0.05, 0.1) is 12.2 Å². The summed E-state index contributed by atoms with van der Waals surface area (Å²) in [5, 5.41) is 0. The molecule has 1 heterocycles. The topological polar surface area (TPSA) is 65.0 Å². The first-order valence-corrected chi connectivity index (χ1v) is 10.5. The van der Waals surface area contributed by atoms with Crippen molar-refractivity contribution in [1.29, 1.82) is 0 Å². The van der Waals surface area contributed by atoms with E-state index in [1.807, 2.05) is 6.92 Å². The number of hydrogen-bond acceptors (Lipinski definition) is 4. The van der Waals surface area contributed by atoms with E-state index in [-0.39, 0.29) is 3.92 Å². The Kier molecular flexibility index (Phi) is 8.12. The quantitative estimate of drug-likeness (QED) is 0.265. The molecule has 0 aromatic carbocycles. The van der Waals surface area contributed by atoms with Gasteiger partial charge in [0.25, 0.3) is 0 Å². The van der Waals surface area contributed by atoms with Crippen LogP contribution in [0.15, 0.2) is 0 Å². The lowest BCUT2D eigenvalue weighted by molar-refractivity contribution is -0.188. The summed E-state index contributed by atoms with van der Waals surface area (Å²) in [4.78, 5) is 9.55. The zero-order chi connectivity index (χ0) is 16.1. The lowest BCUT2D eigenvalue weighted by atomic mass is 9.88. The molecule has 21 heavy (non-hydrogen) atoms. The Morgan fingerprint density at radius 1 is 1.24 bits per heavy atom. The molecule has 1 saturated heterocycles. The predicted molar refractivity (Wildman–Crippen MR) is 91.8 cm³/mol. The number of hydrogen-bond donors (Lipinski definition) is 1.